The van der Waals surface area contributed by atoms with Gasteiger partial charge >= 0.3 is 12.2 Å². The number of rotatable bonds is 6. The van der Waals surface area contributed by atoms with Crippen LogP contribution in [-0.4, -0.2) is 57.4 Å². The molecule has 9 nitrogen and oxygen atoms in total. The van der Waals surface area contributed by atoms with E-state index in [-0.39, 0.29) is 29.2 Å². The molecular formula is C44H43ClN4O5. The molecule has 1 unspecified atom stereocenters. The van der Waals surface area contributed by atoms with Gasteiger partial charge in [-0.3, -0.25) is 19.6 Å². The van der Waals surface area contributed by atoms with Gasteiger partial charge in [0.1, 0.15) is 17.2 Å². The lowest BCUT2D eigenvalue weighted by Gasteiger charge is -2.28. The van der Waals surface area contributed by atoms with Gasteiger partial charge in [0.05, 0.1) is 23.3 Å². The van der Waals surface area contributed by atoms with Crippen LogP contribution in [0.4, 0.5) is 9.59 Å². The predicted octanol–water partition coefficient (Wildman–Crippen LogP) is 10.1. The summed E-state index contributed by atoms with van der Waals surface area (Å²) in [5, 5.41) is 2.78. The average molecular weight is 743 g/mol. The highest BCUT2D eigenvalue weighted by atomic mass is 35.5. The van der Waals surface area contributed by atoms with Crippen molar-refractivity contribution in [2.24, 2.45) is 4.99 Å². The number of benzene rings is 4. The van der Waals surface area contributed by atoms with Crippen LogP contribution in [0.2, 0.25) is 5.02 Å². The summed E-state index contributed by atoms with van der Waals surface area (Å²) < 4.78 is 11.3. The standard InChI is InChI=1S/C44H43ClN4O5/c1-44(2,3)54-43(52)48-19-7-11-37(48)36-24-33(25-46-36)31-16-15-28-21-30(14-13-29(28)22-31)32-17-18-34-35(23-32)47-40(39(45)41(34)50)38-12-8-20-49(38)42(51)53-26-27-9-5-4-6-10-27/h4-6,9-10,13-18,21-23,25,37-38H,7-8,11-12,19-20,24,26H2,1-3H3,(H,47,50)/t37-,38?/m0/s1. The molecule has 276 valence electrons. The lowest BCUT2D eigenvalue weighted by molar-refractivity contribution is 0.0265. The number of carbonyl (C=O) groups excluding carboxylic acids is 2. The van der Waals surface area contributed by atoms with Crippen LogP contribution >= 0.6 is 11.6 Å². The van der Waals surface area contributed by atoms with Gasteiger partial charge in [0, 0.05) is 36.8 Å². The molecule has 0 saturated carbocycles. The number of nitrogens with zero attached hydrogens (tertiary/aromatic N) is 3. The lowest BCUT2D eigenvalue weighted by atomic mass is 9.95. The van der Waals surface area contributed by atoms with Crippen molar-refractivity contribution < 1.29 is 19.1 Å². The van der Waals surface area contributed by atoms with Crippen LogP contribution in [0.3, 0.4) is 0 Å². The Bertz CT molecular complexity index is 2400. The number of pyridine rings is 1. The number of hydrogen-bond donors (Lipinski definition) is 1. The van der Waals surface area contributed by atoms with Crippen molar-refractivity contribution >= 4 is 56.7 Å². The zero-order chi connectivity index (χ0) is 37.6. The highest BCUT2D eigenvalue weighted by molar-refractivity contribution is 6.31. The fraction of sp³-hybridized carbons (Fsp3) is 0.318. The Labute approximate surface area is 319 Å². The van der Waals surface area contributed by atoms with Crippen molar-refractivity contribution in [3.05, 3.63) is 123 Å². The van der Waals surface area contributed by atoms with E-state index < -0.39 is 17.7 Å². The summed E-state index contributed by atoms with van der Waals surface area (Å²) >= 11 is 6.70. The Morgan fingerprint density at radius 3 is 2.22 bits per heavy atom. The Morgan fingerprint density at radius 1 is 0.833 bits per heavy atom. The minimum atomic E-state index is -0.541. The number of nitrogens with one attached hydrogen (secondary N) is 1. The number of aromatic nitrogens is 1. The molecule has 5 aromatic rings. The summed E-state index contributed by atoms with van der Waals surface area (Å²) in [4.78, 5) is 51.3. The van der Waals surface area contributed by atoms with Gasteiger partial charge in [-0.15, -0.1) is 0 Å². The molecule has 2 atom stereocenters. The second-order valence-electron chi connectivity index (χ2n) is 15.4. The number of likely N-dealkylation sites (tertiary alicyclic amines) is 2. The van der Waals surface area contributed by atoms with E-state index in [9.17, 15) is 14.4 Å². The minimum Gasteiger partial charge on any atom is -0.445 e. The summed E-state index contributed by atoms with van der Waals surface area (Å²) in [6.45, 7) is 7.04. The van der Waals surface area contributed by atoms with E-state index in [2.05, 4.69) is 41.4 Å². The molecule has 2 fully saturated rings. The summed E-state index contributed by atoms with van der Waals surface area (Å²) in [5.41, 5.74) is 6.50. The van der Waals surface area contributed by atoms with Gasteiger partial charge in [-0.25, -0.2) is 9.59 Å². The third-order valence-electron chi connectivity index (χ3n) is 10.6. The highest BCUT2D eigenvalue weighted by Gasteiger charge is 2.37. The molecule has 2 saturated heterocycles. The molecular weight excluding hydrogens is 700 g/mol. The molecule has 4 heterocycles. The predicted molar refractivity (Wildman–Crippen MR) is 214 cm³/mol. The first-order valence-corrected chi connectivity index (χ1v) is 19.0. The number of amides is 2. The van der Waals surface area contributed by atoms with Gasteiger partial charge in [0.2, 0.25) is 5.43 Å². The van der Waals surface area contributed by atoms with E-state index in [0.29, 0.717) is 42.5 Å². The Kier molecular flexibility index (Phi) is 9.52. The average Bonchev–Trinajstić information content (AvgIpc) is 3.96. The largest absolute Gasteiger partial charge is 0.445 e. The maximum Gasteiger partial charge on any atom is 0.410 e. The number of fused-ring (bicyclic) bond motifs is 2. The van der Waals surface area contributed by atoms with Gasteiger partial charge in [-0.2, -0.15) is 0 Å². The third kappa shape index (κ3) is 7.12. The van der Waals surface area contributed by atoms with E-state index in [1.165, 1.54) is 0 Å². The third-order valence-corrected chi connectivity index (χ3v) is 10.9. The number of aromatic amines is 1. The van der Waals surface area contributed by atoms with Gasteiger partial charge in [-0.05, 0) is 109 Å². The fourth-order valence-corrected chi connectivity index (χ4v) is 8.16. The summed E-state index contributed by atoms with van der Waals surface area (Å²) in [5.74, 6) is 0. The Morgan fingerprint density at radius 2 is 1.48 bits per heavy atom. The molecule has 1 N–H and O–H groups in total. The molecule has 0 bridgehead atoms. The smallest absolute Gasteiger partial charge is 0.410 e. The van der Waals surface area contributed by atoms with Crippen LogP contribution < -0.4 is 5.43 Å². The van der Waals surface area contributed by atoms with Crippen molar-refractivity contribution in [2.45, 2.75) is 77.2 Å². The van der Waals surface area contributed by atoms with Gasteiger partial charge in [0.25, 0.3) is 0 Å². The van der Waals surface area contributed by atoms with E-state index in [1.54, 1.807) is 4.90 Å². The normalized spacial score (nSPS) is 18.7. The van der Waals surface area contributed by atoms with Gasteiger partial charge < -0.3 is 14.5 Å². The first-order chi connectivity index (χ1) is 26.0. The van der Waals surface area contributed by atoms with E-state index in [4.69, 9.17) is 26.1 Å². The quantitative estimate of drug-likeness (QED) is 0.187. The van der Waals surface area contributed by atoms with Crippen LogP contribution in [0.15, 0.2) is 101 Å². The van der Waals surface area contributed by atoms with E-state index >= 15 is 0 Å². The van der Waals surface area contributed by atoms with Gasteiger partial charge in [-0.1, -0.05) is 72.3 Å². The van der Waals surface area contributed by atoms with Crippen molar-refractivity contribution in [3.63, 3.8) is 0 Å². The van der Waals surface area contributed by atoms with Crippen LogP contribution in [0, 0.1) is 0 Å². The molecule has 0 aliphatic carbocycles. The zero-order valence-corrected chi connectivity index (χ0v) is 31.5. The van der Waals surface area contributed by atoms with E-state index in [0.717, 1.165) is 63.6 Å². The summed E-state index contributed by atoms with van der Waals surface area (Å²) in [6, 6.07) is 27.7. The zero-order valence-electron chi connectivity index (χ0n) is 30.7. The SMILES string of the molecule is CC(C)(C)OC(=O)N1CCC[C@H]1C1=NC=C(c2ccc3cc(-c4ccc5c(=O)c(Cl)c(C6CCCN6C(=O)OCc6ccccc6)[nH]c5c4)ccc3c2)C1. The minimum absolute atomic E-state index is 0.0425. The monoisotopic (exact) mass is 742 g/mol. The highest BCUT2D eigenvalue weighted by Crippen LogP contribution is 2.37. The maximum atomic E-state index is 13.5. The fourth-order valence-electron chi connectivity index (χ4n) is 7.89. The number of allylic oxidation sites excluding steroid dienone is 1. The lowest BCUT2D eigenvalue weighted by Crippen LogP contribution is -2.43. The van der Waals surface area contributed by atoms with E-state index in [1.807, 2.05) is 80.4 Å². The molecule has 0 spiro atoms. The molecule has 8 rings (SSSR count). The van der Waals surface area contributed by atoms with Gasteiger partial charge in [0.15, 0.2) is 0 Å². The number of ether oxygens (including phenoxy) is 2. The number of halogens is 1. The van der Waals surface area contributed by atoms with Crippen LogP contribution in [0.5, 0.6) is 0 Å². The number of H-pyrrole nitrogens is 1. The molecule has 3 aliphatic rings. The summed E-state index contributed by atoms with van der Waals surface area (Å²) in [6.07, 6.45) is 5.20. The van der Waals surface area contributed by atoms with Crippen molar-refractivity contribution in [2.75, 3.05) is 13.1 Å². The van der Waals surface area contributed by atoms with Crippen molar-refractivity contribution in [1.82, 2.24) is 14.8 Å². The molecule has 2 amide bonds. The van der Waals surface area contributed by atoms with Crippen molar-refractivity contribution in [3.8, 4) is 11.1 Å². The second-order valence-corrected chi connectivity index (χ2v) is 15.8. The first kappa shape index (κ1) is 35.6. The Balaban J connectivity index is 0.995. The van der Waals surface area contributed by atoms with Crippen LogP contribution in [0.25, 0.3) is 38.4 Å². The molecule has 4 aromatic carbocycles. The van der Waals surface area contributed by atoms with Crippen LogP contribution in [-0.2, 0) is 16.1 Å². The van der Waals surface area contributed by atoms with Crippen LogP contribution in [0.1, 0.15) is 75.7 Å². The number of carbonyl (C=O) groups is 2. The number of hydrogen-bond acceptors (Lipinski definition) is 6. The molecule has 1 aromatic heterocycles. The van der Waals surface area contributed by atoms with Crippen molar-refractivity contribution in [1.29, 1.82) is 0 Å². The molecule has 54 heavy (non-hydrogen) atoms. The maximum absolute atomic E-state index is 13.5. The topological polar surface area (TPSA) is 104 Å². The molecule has 0 radical (unpaired) electrons. The molecule has 10 heteroatoms. The second kappa shape index (κ2) is 14.4. The summed E-state index contributed by atoms with van der Waals surface area (Å²) in [7, 11) is 0. The number of aliphatic imine (C=N–C) groups is 1. The first-order valence-electron chi connectivity index (χ1n) is 18.6. The Hall–Kier alpha value is -5.41. The molecule has 3 aliphatic heterocycles.